The molecule has 0 aliphatic heterocycles. The second-order valence-electron chi connectivity index (χ2n) is 4.01. The van der Waals surface area contributed by atoms with E-state index in [2.05, 4.69) is 4.98 Å². The van der Waals surface area contributed by atoms with Crippen molar-refractivity contribution < 1.29 is 9.90 Å². The summed E-state index contributed by atoms with van der Waals surface area (Å²) in [7, 11) is 0. The van der Waals surface area contributed by atoms with Crippen molar-refractivity contribution in [3.63, 3.8) is 0 Å². The van der Waals surface area contributed by atoms with Gasteiger partial charge in [-0.3, -0.25) is 4.40 Å². The fourth-order valence-corrected chi connectivity index (χ4v) is 2.73. The maximum atomic E-state index is 10.9. The summed E-state index contributed by atoms with van der Waals surface area (Å²) in [6.07, 6.45) is 3.44. The van der Waals surface area contributed by atoms with Crippen LogP contribution in [0, 0.1) is 6.92 Å². The van der Waals surface area contributed by atoms with Crippen LogP contribution in [0.3, 0.4) is 0 Å². The maximum absolute atomic E-state index is 10.9. The molecule has 0 fully saturated rings. The van der Waals surface area contributed by atoms with E-state index in [1.807, 2.05) is 23.5 Å². The summed E-state index contributed by atoms with van der Waals surface area (Å²) in [5.74, 6) is -0.0766. The zero-order valence-corrected chi connectivity index (χ0v) is 10.4. The van der Waals surface area contributed by atoms with E-state index in [0.29, 0.717) is 0 Å². The third-order valence-corrected chi connectivity index (χ3v) is 3.74. The largest absolute Gasteiger partial charge is 0.478 e. The van der Waals surface area contributed by atoms with Crippen LogP contribution < -0.4 is 0 Å². The Morgan fingerprint density at radius 2 is 2.22 bits per heavy atom. The number of rotatable bonds is 2. The summed E-state index contributed by atoms with van der Waals surface area (Å²) >= 11 is 1.67. The van der Waals surface area contributed by atoms with Gasteiger partial charge in [0.2, 0.25) is 0 Å². The number of hydrogen-bond acceptors (Lipinski definition) is 3. The standard InChI is InChI=1S/C13H10N2O2S/c1-8-2-3-11(18-8)12-14-7-10-6-9(13(16)17)4-5-15(10)12/h2-7H,1H3,(H,16,17). The van der Waals surface area contributed by atoms with Crippen LogP contribution in [0.2, 0.25) is 0 Å². The Kier molecular flexibility index (Phi) is 2.41. The molecule has 1 N–H and O–H groups in total. The van der Waals surface area contributed by atoms with Crippen molar-refractivity contribution in [3.8, 4) is 10.7 Å². The Balaban J connectivity index is 2.18. The van der Waals surface area contributed by atoms with E-state index in [0.717, 1.165) is 16.2 Å². The van der Waals surface area contributed by atoms with E-state index < -0.39 is 5.97 Å². The number of fused-ring (bicyclic) bond motifs is 1. The lowest BCUT2D eigenvalue weighted by Crippen LogP contribution is -1.97. The molecular formula is C13H10N2O2S. The number of carboxylic acid groups (broad SMARTS) is 1. The molecule has 3 aromatic heterocycles. The molecule has 3 heterocycles. The molecule has 5 heteroatoms. The molecule has 0 unspecified atom stereocenters. The van der Waals surface area contributed by atoms with Gasteiger partial charge in [0.05, 0.1) is 22.2 Å². The summed E-state index contributed by atoms with van der Waals surface area (Å²) < 4.78 is 1.90. The van der Waals surface area contributed by atoms with Crippen LogP contribution in [-0.2, 0) is 0 Å². The highest BCUT2D eigenvalue weighted by Crippen LogP contribution is 2.27. The highest BCUT2D eigenvalue weighted by Gasteiger charge is 2.10. The molecule has 0 aliphatic carbocycles. The monoisotopic (exact) mass is 258 g/mol. The summed E-state index contributed by atoms with van der Waals surface area (Å²) in [5, 5.41) is 8.94. The molecule has 18 heavy (non-hydrogen) atoms. The Labute approximate surface area is 107 Å². The fraction of sp³-hybridized carbons (Fsp3) is 0.0769. The Morgan fingerprint density at radius 3 is 2.89 bits per heavy atom. The molecule has 0 amide bonds. The van der Waals surface area contributed by atoms with Crippen molar-refractivity contribution >= 4 is 22.8 Å². The topological polar surface area (TPSA) is 54.6 Å². The minimum atomic E-state index is -0.924. The minimum Gasteiger partial charge on any atom is -0.478 e. The predicted octanol–water partition coefficient (Wildman–Crippen LogP) is 3.07. The molecular weight excluding hydrogens is 248 g/mol. The van der Waals surface area contributed by atoms with E-state index in [9.17, 15) is 4.79 Å². The second-order valence-corrected chi connectivity index (χ2v) is 5.30. The van der Waals surface area contributed by atoms with Gasteiger partial charge in [0.25, 0.3) is 0 Å². The molecule has 0 bridgehead atoms. The maximum Gasteiger partial charge on any atom is 0.335 e. The number of thiophene rings is 1. The number of aromatic nitrogens is 2. The molecule has 0 aromatic carbocycles. The van der Waals surface area contributed by atoms with Crippen LogP contribution in [0.1, 0.15) is 15.2 Å². The average Bonchev–Trinajstić information content (AvgIpc) is 2.93. The average molecular weight is 258 g/mol. The van der Waals surface area contributed by atoms with E-state index in [4.69, 9.17) is 5.11 Å². The normalized spacial score (nSPS) is 10.9. The van der Waals surface area contributed by atoms with Gasteiger partial charge in [-0.25, -0.2) is 9.78 Å². The first kappa shape index (κ1) is 11.0. The van der Waals surface area contributed by atoms with Gasteiger partial charge in [0, 0.05) is 11.1 Å². The van der Waals surface area contributed by atoms with Gasteiger partial charge < -0.3 is 5.11 Å². The lowest BCUT2D eigenvalue weighted by Gasteiger charge is -2.00. The molecule has 0 spiro atoms. The Hall–Kier alpha value is -2.14. The number of aryl methyl sites for hydroxylation is 1. The van der Waals surface area contributed by atoms with Crippen molar-refractivity contribution in [1.82, 2.24) is 9.38 Å². The quantitative estimate of drug-likeness (QED) is 0.768. The number of imidazole rings is 1. The molecule has 0 radical (unpaired) electrons. The molecule has 90 valence electrons. The lowest BCUT2D eigenvalue weighted by atomic mass is 10.2. The zero-order chi connectivity index (χ0) is 12.7. The van der Waals surface area contributed by atoms with Crippen LogP contribution >= 0.6 is 11.3 Å². The van der Waals surface area contributed by atoms with E-state index in [-0.39, 0.29) is 5.56 Å². The highest BCUT2D eigenvalue weighted by molar-refractivity contribution is 7.15. The van der Waals surface area contributed by atoms with E-state index >= 15 is 0 Å². The number of hydrogen-bond donors (Lipinski definition) is 1. The summed E-state index contributed by atoms with van der Waals surface area (Å²) in [5.41, 5.74) is 1.06. The van der Waals surface area contributed by atoms with Crippen molar-refractivity contribution in [1.29, 1.82) is 0 Å². The summed E-state index contributed by atoms with van der Waals surface area (Å²) in [6, 6.07) is 7.28. The van der Waals surface area contributed by atoms with Gasteiger partial charge in [0.1, 0.15) is 0 Å². The van der Waals surface area contributed by atoms with Crippen molar-refractivity contribution in [3.05, 3.63) is 47.1 Å². The molecule has 0 aliphatic rings. The van der Waals surface area contributed by atoms with Crippen molar-refractivity contribution in [2.45, 2.75) is 6.92 Å². The number of carbonyl (C=O) groups is 1. The van der Waals surface area contributed by atoms with Crippen LogP contribution in [0.4, 0.5) is 0 Å². The number of nitrogens with zero attached hydrogens (tertiary/aromatic N) is 2. The Morgan fingerprint density at radius 1 is 1.39 bits per heavy atom. The Bertz CT molecular complexity index is 742. The van der Waals surface area contributed by atoms with Gasteiger partial charge in [-0.1, -0.05) is 0 Å². The first-order chi connectivity index (χ1) is 8.65. The van der Waals surface area contributed by atoms with E-state index in [1.54, 1.807) is 35.9 Å². The third-order valence-electron chi connectivity index (χ3n) is 2.74. The second kappa shape index (κ2) is 3.96. The first-order valence-electron chi connectivity index (χ1n) is 5.42. The van der Waals surface area contributed by atoms with Gasteiger partial charge >= 0.3 is 5.97 Å². The third kappa shape index (κ3) is 1.69. The number of carboxylic acids is 1. The fourth-order valence-electron chi connectivity index (χ4n) is 1.87. The van der Waals surface area contributed by atoms with Gasteiger partial charge in [-0.2, -0.15) is 0 Å². The summed E-state index contributed by atoms with van der Waals surface area (Å²) in [4.78, 5) is 17.6. The van der Waals surface area contributed by atoms with Crippen molar-refractivity contribution in [2.24, 2.45) is 0 Å². The smallest absolute Gasteiger partial charge is 0.335 e. The van der Waals surface area contributed by atoms with Gasteiger partial charge in [-0.05, 0) is 31.2 Å². The molecule has 0 saturated carbocycles. The SMILES string of the molecule is Cc1ccc(-c2ncc3cc(C(=O)O)ccn23)s1. The molecule has 0 atom stereocenters. The van der Waals surface area contributed by atoms with Crippen LogP contribution in [-0.4, -0.2) is 20.5 Å². The lowest BCUT2D eigenvalue weighted by molar-refractivity contribution is 0.0697. The van der Waals surface area contributed by atoms with Crippen LogP contribution in [0.25, 0.3) is 16.2 Å². The molecule has 3 aromatic rings. The predicted molar refractivity (Wildman–Crippen MR) is 70.2 cm³/mol. The molecule has 4 nitrogen and oxygen atoms in total. The number of aromatic carboxylic acids is 1. The molecule has 3 rings (SSSR count). The highest BCUT2D eigenvalue weighted by atomic mass is 32.1. The first-order valence-corrected chi connectivity index (χ1v) is 6.24. The van der Waals surface area contributed by atoms with Gasteiger partial charge in [-0.15, -0.1) is 11.3 Å². The van der Waals surface area contributed by atoms with Crippen LogP contribution in [0.15, 0.2) is 36.7 Å². The molecule has 0 saturated heterocycles. The van der Waals surface area contributed by atoms with E-state index in [1.165, 1.54) is 4.88 Å². The van der Waals surface area contributed by atoms with Gasteiger partial charge in [0.15, 0.2) is 5.82 Å². The number of pyridine rings is 1. The van der Waals surface area contributed by atoms with Crippen LogP contribution in [0.5, 0.6) is 0 Å². The summed E-state index contributed by atoms with van der Waals surface area (Å²) in [6.45, 7) is 2.05. The minimum absolute atomic E-state index is 0.274. The zero-order valence-electron chi connectivity index (χ0n) is 9.62. The van der Waals surface area contributed by atoms with Crippen molar-refractivity contribution in [2.75, 3.05) is 0 Å².